The molecular formula is C21H24F3N3O2. The summed E-state index contributed by atoms with van der Waals surface area (Å²) in [5.74, 6) is 1.19. The van der Waals surface area contributed by atoms with Gasteiger partial charge in [-0.1, -0.05) is 0 Å². The summed E-state index contributed by atoms with van der Waals surface area (Å²) in [6, 6.07) is 6.81. The molecule has 0 spiro atoms. The highest BCUT2D eigenvalue weighted by atomic mass is 19.4. The first-order chi connectivity index (χ1) is 13.8. The van der Waals surface area contributed by atoms with Crippen LogP contribution in [0, 0.1) is 6.92 Å². The second-order valence-corrected chi connectivity index (χ2v) is 7.67. The number of aromatic nitrogens is 2. The molecule has 0 N–H and O–H groups in total. The van der Waals surface area contributed by atoms with E-state index < -0.39 is 11.9 Å². The van der Waals surface area contributed by atoms with E-state index in [4.69, 9.17) is 9.47 Å². The van der Waals surface area contributed by atoms with Gasteiger partial charge in [0.05, 0.1) is 5.69 Å². The van der Waals surface area contributed by atoms with Crippen LogP contribution in [-0.2, 0) is 6.18 Å². The maximum atomic E-state index is 13.2. The van der Waals surface area contributed by atoms with Crippen LogP contribution >= 0.6 is 0 Å². The number of fused-ring (bicyclic) bond motifs is 1. The largest absolute Gasteiger partial charge is 0.484 e. The summed E-state index contributed by atoms with van der Waals surface area (Å²) in [6.07, 6.45) is -2.65. The molecule has 2 aromatic rings. The predicted octanol–water partition coefficient (Wildman–Crippen LogP) is 4.52. The molecule has 0 radical (unpaired) electrons. The molecule has 0 aliphatic carbocycles. The zero-order valence-corrected chi connectivity index (χ0v) is 16.5. The van der Waals surface area contributed by atoms with Crippen LogP contribution in [0.1, 0.15) is 54.4 Å². The van der Waals surface area contributed by atoms with Crippen molar-refractivity contribution in [1.82, 2.24) is 14.9 Å². The molecule has 4 rings (SSSR count). The van der Waals surface area contributed by atoms with Crippen molar-refractivity contribution in [3.05, 3.63) is 46.9 Å². The maximum absolute atomic E-state index is 13.2. The van der Waals surface area contributed by atoms with E-state index in [0.29, 0.717) is 42.6 Å². The minimum atomic E-state index is -4.43. The first-order valence-corrected chi connectivity index (χ1v) is 9.87. The quantitative estimate of drug-likeness (QED) is 0.749. The second-order valence-electron chi connectivity index (χ2n) is 7.67. The van der Waals surface area contributed by atoms with Gasteiger partial charge in [0.15, 0.2) is 5.75 Å². The summed E-state index contributed by atoms with van der Waals surface area (Å²) in [5.41, 5.74) is 1.16. The fraction of sp³-hybridized carbons (Fsp3) is 0.524. The predicted molar refractivity (Wildman–Crippen MR) is 101 cm³/mol. The highest BCUT2D eigenvalue weighted by Crippen LogP contribution is 2.36. The molecule has 2 unspecified atom stereocenters. The first kappa shape index (κ1) is 19.9. The van der Waals surface area contributed by atoms with Crippen molar-refractivity contribution in [2.24, 2.45) is 0 Å². The molecule has 2 aliphatic heterocycles. The summed E-state index contributed by atoms with van der Waals surface area (Å²) in [5, 5.41) is 0. The van der Waals surface area contributed by atoms with E-state index in [1.165, 1.54) is 6.07 Å². The van der Waals surface area contributed by atoms with Crippen molar-refractivity contribution in [1.29, 1.82) is 0 Å². The van der Waals surface area contributed by atoms with Crippen molar-refractivity contribution in [2.75, 3.05) is 26.3 Å². The monoisotopic (exact) mass is 407 g/mol. The Balaban J connectivity index is 1.53. The van der Waals surface area contributed by atoms with Crippen molar-refractivity contribution >= 4 is 0 Å². The normalized spacial score (nSPS) is 21.1. The Morgan fingerprint density at radius 1 is 1.14 bits per heavy atom. The molecule has 2 atom stereocenters. The lowest BCUT2D eigenvalue weighted by Crippen LogP contribution is -2.36. The molecule has 0 aromatic carbocycles. The number of ether oxygens (including phenoxy) is 2. The van der Waals surface area contributed by atoms with Crippen molar-refractivity contribution in [3.63, 3.8) is 0 Å². The van der Waals surface area contributed by atoms with Gasteiger partial charge in [0.2, 0.25) is 0 Å². The smallest absolute Gasteiger partial charge is 0.433 e. The van der Waals surface area contributed by atoms with Gasteiger partial charge in [-0.2, -0.15) is 13.2 Å². The number of piperidine rings is 1. The van der Waals surface area contributed by atoms with Gasteiger partial charge in [-0.25, -0.2) is 9.97 Å². The summed E-state index contributed by atoms with van der Waals surface area (Å²) in [6.45, 7) is 6.23. The first-order valence-electron chi connectivity index (χ1n) is 9.87. The van der Waals surface area contributed by atoms with Crippen molar-refractivity contribution in [2.45, 2.75) is 44.8 Å². The Labute approximate surface area is 167 Å². The molecule has 1 saturated heterocycles. The van der Waals surface area contributed by atoms with Crippen LogP contribution in [0.4, 0.5) is 13.2 Å². The molecule has 2 aliphatic rings. The number of halogens is 3. The van der Waals surface area contributed by atoms with Gasteiger partial charge in [-0.05, 0) is 69.0 Å². The minimum absolute atomic E-state index is 0.0265. The zero-order valence-electron chi connectivity index (χ0n) is 16.5. The molecule has 4 heterocycles. The number of rotatable bonds is 3. The lowest BCUT2D eigenvalue weighted by Gasteiger charge is -2.37. The molecule has 0 bridgehead atoms. The van der Waals surface area contributed by atoms with Crippen LogP contribution in [0.15, 0.2) is 24.3 Å². The molecular weight excluding hydrogens is 383 g/mol. The molecule has 0 amide bonds. The van der Waals surface area contributed by atoms with Crippen LogP contribution in [-0.4, -0.2) is 41.2 Å². The summed E-state index contributed by atoms with van der Waals surface area (Å²) in [4.78, 5) is 10.5. The number of pyridine rings is 2. The van der Waals surface area contributed by atoms with E-state index in [9.17, 15) is 13.2 Å². The average molecular weight is 407 g/mol. The summed E-state index contributed by atoms with van der Waals surface area (Å²) < 4.78 is 50.6. The lowest BCUT2D eigenvalue weighted by atomic mass is 9.89. The summed E-state index contributed by atoms with van der Waals surface area (Å²) in [7, 11) is 0. The third kappa shape index (κ3) is 4.32. The van der Waals surface area contributed by atoms with E-state index in [1.807, 2.05) is 12.1 Å². The Morgan fingerprint density at radius 3 is 2.72 bits per heavy atom. The third-order valence-electron chi connectivity index (χ3n) is 5.59. The van der Waals surface area contributed by atoms with E-state index in [-0.39, 0.29) is 12.0 Å². The fourth-order valence-corrected chi connectivity index (χ4v) is 4.07. The Hall–Kier alpha value is -2.35. The van der Waals surface area contributed by atoms with Gasteiger partial charge in [-0.3, -0.25) is 4.90 Å². The molecule has 0 saturated carbocycles. The molecule has 2 aromatic heterocycles. The van der Waals surface area contributed by atoms with Gasteiger partial charge in [-0.15, -0.1) is 0 Å². The van der Waals surface area contributed by atoms with E-state index in [2.05, 4.69) is 21.8 Å². The highest BCUT2D eigenvalue weighted by molar-refractivity contribution is 5.36. The van der Waals surface area contributed by atoms with E-state index in [0.717, 1.165) is 25.1 Å². The Bertz CT molecular complexity index is 888. The standard InChI is InChI=1S/C21H24F3N3O2/c1-13-10-16(11-19(25-13)21(22,23)24)15-4-3-7-27(12-15)14(2)17-5-6-18-20(26-17)29-9-8-28-18/h5-6,10-11,14-15H,3-4,7-9,12H2,1-2H3. The van der Waals surface area contributed by atoms with Gasteiger partial charge < -0.3 is 9.47 Å². The topological polar surface area (TPSA) is 47.5 Å². The average Bonchev–Trinajstić information content (AvgIpc) is 2.72. The summed E-state index contributed by atoms with van der Waals surface area (Å²) >= 11 is 0. The SMILES string of the molecule is Cc1cc(C2CCCN(C(C)c3ccc4c(n3)OCCO4)C2)cc(C(F)(F)F)n1. The van der Waals surface area contributed by atoms with E-state index >= 15 is 0 Å². The number of nitrogens with zero attached hydrogens (tertiary/aromatic N) is 3. The van der Waals surface area contributed by atoms with Crippen molar-refractivity contribution < 1.29 is 22.6 Å². The molecule has 156 valence electrons. The number of hydrogen-bond donors (Lipinski definition) is 0. The van der Waals surface area contributed by atoms with Gasteiger partial charge in [0.1, 0.15) is 18.9 Å². The highest BCUT2D eigenvalue weighted by Gasteiger charge is 2.34. The van der Waals surface area contributed by atoms with Gasteiger partial charge in [0, 0.05) is 18.3 Å². The van der Waals surface area contributed by atoms with Crippen LogP contribution < -0.4 is 9.47 Å². The molecule has 1 fully saturated rings. The Morgan fingerprint density at radius 2 is 1.93 bits per heavy atom. The number of aryl methyl sites for hydroxylation is 1. The number of hydrogen-bond acceptors (Lipinski definition) is 5. The second kappa shape index (κ2) is 7.82. The van der Waals surface area contributed by atoms with Crippen LogP contribution in [0.5, 0.6) is 11.6 Å². The number of alkyl halides is 3. The van der Waals surface area contributed by atoms with Crippen molar-refractivity contribution in [3.8, 4) is 11.6 Å². The number of likely N-dealkylation sites (tertiary alicyclic amines) is 1. The molecule has 8 heteroatoms. The minimum Gasteiger partial charge on any atom is -0.484 e. The van der Waals surface area contributed by atoms with Gasteiger partial charge in [0.25, 0.3) is 5.88 Å². The van der Waals surface area contributed by atoms with Gasteiger partial charge >= 0.3 is 6.18 Å². The molecule has 29 heavy (non-hydrogen) atoms. The van der Waals surface area contributed by atoms with Crippen LogP contribution in [0.2, 0.25) is 0 Å². The van der Waals surface area contributed by atoms with Crippen LogP contribution in [0.25, 0.3) is 0 Å². The Kier molecular flexibility index (Phi) is 5.38. The third-order valence-corrected chi connectivity index (χ3v) is 5.59. The molecule has 5 nitrogen and oxygen atoms in total. The zero-order chi connectivity index (χ0) is 20.6. The van der Waals surface area contributed by atoms with E-state index in [1.54, 1.807) is 13.0 Å². The fourth-order valence-electron chi connectivity index (χ4n) is 4.07. The lowest BCUT2D eigenvalue weighted by molar-refractivity contribution is -0.141. The van der Waals surface area contributed by atoms with Crippen LogP contribution in [0.3, 0.4) is 0 Å². The maximum Gasteiger partial charge on any atom is 0.433 e.